The molecule has 0 saturated heterocycles. The summed E-state index contributed by atoms with van der Waals surface area (Å²) < 4.78 is 5.31. The largest absolute Gasteiger partial charge is 0.496 e. The quantitative estimate of drug-likeness (QED) is 0.791. The van der Waals surface area contributed by atoms with Gasteiger partial charge in [0, 0.05) is 18.7 Å². The van der Waals surface area contributed by atoms with Crippen LogP contribution in [0.4, 0.5) is 0 Å². The number of aliphatic carboxylic acids is 1. The maximum Gasteiger partial charge on any atom is 0.328 e. The monoisotopic (exact) mass is 280 g/mol. The highest BCUT2D eigenvalue weighted by Gasteiger charge is 2.37. The molecule has 5 heteroatoms. The standard InChI is InChI=1S/C15H24N2O3/c1-11-6-7-13(20-5)12(10-11)15(2,14(18)19)16-8-9-17(3)4/h6-7,10,16H,8-9H2,1-5H3,(H,18,19). The lowest BCUT2D eigenvalue weighted by molar-refractivity contribution is -0.144. The molecule has 1 rings (SSSR count). The number of hydrogen-bond acceptors (Lipinski definition) is 4. The highest BCUT2D eigenvalue weighted by molar-refractivity contribution is 5.81. The number of carboxylic acid groups (broad SMARTS) is 1. The fraction of sp³-hybridized carbons (Fsp3) is 0.533. The predicted molar refractivity (Wildman–Crippen MR) is 79.3 cm³/mol. The van der Waals surface area contributed by atoms with Crippen molar-refractivity contribution in [2.24, 2.45) is 0 Å². The molecular formula is C15H24N2O3. The van der Waals surface area contributed by atoms with Crippen LogP contribution in [0.3, 0.4) is 0 Å². The van der Waals surface area contributed by atoms with Gasteiger partial charge in [0.25, 0.3) is 0 Å². The lowest BCUT2D eigenvalue weighted by atomic mass is 9.90. The van der Waals surface area contributed by atoms with E-state index in [2.05, 4.69) is 5.32 Å². The molecule has 1 aromatic rings. The van der Waals surface area contributed by atoms with Crippen LogP contribution in [-0.4, -0.2) is 50.3 Å². The van der Waals surface area contributed by atoms with Crippen molar-refractivity contribution in [2.45, 2.75) is 19.4 Å². The van der Waals surface area contributed by atoms with Gasteiger partial charge in [0.15, 0.2) is 0 Å². The molecule has 1 aromatic carbocycles. The van der Waals surface area contributed by atoms with Crippen LogP contribution in [0.1, 0.15) is 18.1 Å². The van der Waals surface area contributed by atoms with Crippen LogP contribution >= 0.6 is 0 Å². The van der Waals surface area contributed by atoms with Crippen molar-refractivity contribution in [2.75, 3.05) is 34.3 Å². The highest BCUT2D eigenvalue weighted by atomic mass is 16.5. The number of carbonyl (C=O) groups is 1. The van der Waals surface area contributed by atoms with E-state index in [1.54, 1.807) is 20.1 Å². The molecule has 0 saturated carbocycles. The maximum absolute atomic E-state index is 11.7. The first-order chi connectivity index (χ1) is 9.31. The van der Waals surface area contributed by atoms with Gasteiger partial charge in [-0.25, -0.2) is 4.79 Å². The summed E-state index contributed by atoms with van der Waals surface area (Å²) >= 11 is 0. The Balaban J connectivity index is 3.12. The number of ether oxygens (including phenoxy) is 1. The smallest absolute Gasteiger partial charge is 0.328 e. The number of aryl methyl sites for hydroxylation is 1. The fourth-order valence-corrected chi connectivity index (χ4v) is 2.03. The number of nitrogens with zero attached hydrogens (tertiary/aromatic N) is 1. The molecule has 0 aliphatic heterocycles. The molecule has 0 heterocycles. The lowest BCUT2D eigenvalue weighted by Gasteiger charge is -2.29. The zero-order valence-corrected chi connectivity index (χ0v) is 12.9. The van der Waals surface area contributed by atoms with Gasteiger partial charge in [-0.15, -0.1) is 0 Å². The van der Waals surface area contributed by atoms with Crippen molar-refractivity contribution >= 4 is 5.97 Å². The average molecular weight is 280 g/mol. The van der Waals surface area contributed by atoms with Crippen LogP contribution in [0.5, 0.6) is 5.75 Å². The third-order valence-electron chi connectivity index (χ3n) is 3.36. The van der Waals surface area contributed by atoms with Gasteiger partial charge >= 0.3 is 5.97 Å². The fourth-order valence-electron chi connectivity index (χ4n) is 2.03. The van der Waals surface area contributed by atoms with Crippen molar-refractivity contribution in [3.05, 3.63) is 29.3 Å². The van der Waals surface area contributed by atoms with E-state index in [4.69, 9.17) is 4.74 Å². The Kier molecular flexibility index (Phi) is 5.53. The average Bonchev–Trinajstić information content (AvgIpc) is 2.37. The van der Waals surface area contributed by atoms with Crippen molar-refractivity contribution < 1.29 is 14.6 Å². The summed E-state index contributed by atoms with van der Waals surface area (Å²) in [7, 11) is 5.45. The molecule has 0 aromatic heterocycles. The molecule has 1 atom stereocenters. The molecule has 112 valence electrons. The number of carboxylic acids is 1. The highest BCUT2D eigenvalue weighted by Crippen LogP contribution is 2.31. The summed E-state index contributed by atoms with van der Waals surface area (Å²) in [6.45, 7) is 4.94. The first-order valence-electron chi connectivity index (χ1n) is 6.59. The van der Waals surface area contributed by atoms with Crippen LogP contribution in [0, 0.1) is 6.92 Å². The molecule has 1 unspecified atom stereocenters. The van der Waals surface area contributed by atoms with Crippen LogP contribution in [0.2, 0.25) is 0 Å². The van der Waals surface area contributed by atoms with E-state index >= 15 is 0 Å². The molecular weight excluding hydrogens is 256 g/mol. The Labute approximate surface area is 120 Å². The SMILES string of the molecule is COc1ccc(C)cc1C(C)(NCCN(C)C)C(=O)O. The van der Waals surface area contributed by atoms with E-state index in [0.717, 1.165) is 12.1 Å². The summed E-state index contributed by atoms with van der Waals surface area (Å²) in [4.78, 5) is 13.7. The van der Waals surface area contributed by atoms with E-state index in [9.17, 15) is 9.90 Å². The number of likely N-dealkylation sites (N-methyl/N-ethyl adjacent to an activating group) is 1. The Morgan fingerprint density at radius 1 is 1.45 bits per heavy atom. The van der Waals surface area contributed by atoms with Crippen molar-refractivity contribution in [3.63, 3.8) is 0 Å². The first-order valence-corrected chi connectivity index (χ1v) is 6.59. The minimum atomic E-state index is -1.17. The van der Waals surface area contributed by atoms with E-state index in [1.165, 1.54) is 0 Å². The van der Waals surface area contributed by atoms with E-state index in [1.807, 2.05) is 38.1 Å². The molecule has 0 aliphatic carbocycles. The summed E-state index contributed by atoms with van der Waals surface area (Å²) in [5, 5.41) is 12.8. The van der Waals surface area contributed by atoms with Crippen LogP contribution in [0.15, 0.2) is 18.2 Å². The summed E-state index contributed by atoms with van der Waals surface area (Å²) in [5.74, 6) is -0.335. The molecule has 0 amide bonds. The van der Waals surface area contributed by atoms with E-state index < -0.39 is 11.5 Å². The predicted octanol–water partition coefficient (Wildman–Crippen LogP) is 1.45. The Hall–Kier alpha value is -1.59. The van der Waals surface area contributed by atoms with Crippen molar-refractivity contribution in [1.82, 2.24) is 10.2 Å². The van der Waals surface area contributed by atoms with Gasteiger partial charge < -0.3 is 14.7 Å². The number of methoxy groups -OCH3 is 1. The third kappa shape index (κ3) is 3.71. The molecule has 0 bridgehead atoms. The molecule has 0 radical (unpaired) electrons. The maximum atomic E-state index is 11.7. The first kappa shape index (κ1) is 16.5. The van der Waals surface area contributed by atoms with Gasteiger partial charge in [-0.3, -0.25) is 5.32 Å². The zero-order chi connectivity index (χ0) is 15.3. The number of nitrogens with one attached hydrogen (secondary N) is 1. The third-order valence-corrected chi connectivity index (χ3v) is 3.36. The number of rotatable bonds is 7. The number of benzene rings is 1. The van der Waals surface area contributed by atoms with Gasteiger partial charge in [-0.2, -0.15) is 0 Å². The topological polar surface area (TPSA) is 61.8 Å². The zero-order valence-electron chi connectivity index (χ0n) is 12.9. The lowest BCUT2D eigenvalue weighted by Crippen LogP contribution is -2.49. The molecule has 20 heavy (non-hydrogen) atoms. The minimum absolute atomic E-state index is 0.576. The van der Waals surface area contributed by atoms with Crippen molar-refractivity contribution in [3.8, 4) is 5.75 Å². The second-order valence-electron chi connectivity index (χ2n) is 5.36. The Bertz CT molecular complexity index is 474. The molecule has 0 fully saturated rings. The summed E-state index contributed by atoms with van der Waals surface area (Å²) in [6.07, 6.45) is 0. The molecule has 0 spiro atoms. The minimum Gasteiger partial charge on any atom is -0.496 e. The van der Waals surface area contributed by atoms with Crippen molar-refractivity contribution in [1.29, 1.82) is 0 Å². The second-order valence-corrected chi connectivity index (χ2v) is 5.36. The van der Waals surface area contributed by atoms with Crippen LogP contribution in [-0.2, 0) is 10.3 Å². The molecule has 5 nitrogen and oxygen atoms in total. The molecule has 2 N–H and O–H groups in total. The van der Waals surface area contributed by atoms with Crippen LogP contribution in [0.25, 0.3) is 0 Å². The Morgan fingerprint density at radius 3 is 2.60 bits per heavy atom. The molecule has 0 aliphatic rings. The van der Waals surface area contributed by atoms with E-state index in [-0.39, 0.29) is 0 Å². The van der Waals surface area contributed by atoms with E-state index in [0.29, 0.717) is 17.9 Å². The Morgan fingerprint density at radius 2 is 2.10 bits per heavy atom. The van der Waals surface area contributed by atoms with Gasteiger partial charge in [0.1, 0.15) is 11.3 Å². The second kappa shape index (κ2) is 6.72. The van der Waals surface area contributed by atoms with Gasteiger partial charge in [-0.05, 0) is 40.1 Å². The van der Waals surface area contributed by atoms with Gasteiger partial charge in [0.05, 0.1) is 7.11 Å². The summed E-state index contributed by atoms with van der Waals surface area (Å²) in [5.41, 5.74) is 0.474. The number of hydrogen-bond donors (Lipinski definition) is 2. The summed E-state index contributed by atoms with van der Waals surface area (Å²) in [6, 6.07) is 5.57. The normalized spacial score (nSPS) is 14.1. The van der Waals surface area contributed by atoms with Gasteiger partial charge in [-0.1, -0.05) is 11.6 Å². The van der Waals surface area contributed by atoms with Crippen LogP contribution < -0.4 is 10.1 Å². The van der Waals surface area contributed by atoms with Gasteiger partial charge in [0.2, 0.25) is 0 Å².